The van der Waals surface area contributed by atoms with Gasteiger partial charge in [0.2, 0.25) is 5.91 Å². The van der Waals surface area contributed by atoms with Gasteiger partial charge in [-0.1, -0.05) is 30.3 Å². The molecule has 2 aromatic rings. The molecule has 0 aliphatic carbocycles. The number of benzene rings is 2. The van der Waals surface area contributed by atoms with Gasteiger partial charge in [-0.05, 0) is 30.2 Å². The SMILES string of the molecule is Nc1cccc2c1N(C(=O)CSc1ccccc1)CC2. The van der Waals surface area contributed by atoms with Gasteiger partial charge in [0.1, 0.15) is 0 Å². The lowest BCUT2D eigenvalue weighted by molar-refractivity contribution is -0.116. The van der Waals surface area contributed by atoms with Gasteiger partial charge in [0, 0.05) is 11.4 Å². The fraction of sp³-hybridized carbons (Fsp3) is 0.188. The number of carbonyl (C=O) groups is 1. The van der Waals surface area contributed by atoms with Crippen LogP contribution < -0.4 is 10.6 Å². The molecular weight excluding hydrogens is 268 g/mol. The van der Waals surface area contributed by atoms with Crippen LogP contribution in [0.4, 0.5) is 11.4 Å². The number of amides is 1. The lowest BCUT2D eigenvalue weighted by Crippen LogP contribution is -2.31. The van der Waals surface area contributed by atoms with Crippen LogP contribution in [0, 0.1) is 0 Å². The molecule has 0 fully saturated rings. The van der Waals surface area contributed by atoms with Gasteiger partial charge in [-0.2, -0.15) is 0 Å². The number of anilines is 2. The van der Waals surface area contributed by atoms with E-state index in [9.17, 15) is 4.79 Å². The van der Waals surface area contributed by atoms with E-state index in [2.05, 4.69) is 0 Å². The average Bonchev–Trinajstić information content (AvgIpc) is 2.91. The van der Waals surface area contributed by atoms with Crippen molar-refractivity contribution in [3.8, 4) is 0 Å². The van der Waals surface area contributed by atoms with Crippen LogP contribution in [0.2, 0.25) is 0 Å². The van der Waals surface area contributed by atoms with Gasteiger partial charge in [0.25, 0.3) is 0 Å². The third-order valence-corrected chi connectivity index (χ3v) is 4.43. The van der Waals surface area contributed by atoms with E-state index in [1.165, 1.54) is 5.56 Å². The molecule has 0 aromatic heterocycles. The minimum atomic E-state index is 0.121. The third-order valence-electron chi connectivity index (χ3n) is 3.43. The lowest BCUT2D eigenvalue weighted by Gasteiger charge is -2.18. The fourth-order valence-corrected chi connectivity index (χ4v) is 3.27. The maximum Gasteiger partial charge on any atom is 0.237 e. The zero-order valence-corrected chi connectivity index (χ0v) is 11.9. The summed E-state index contributed by atoms with van der Waals surface area (Å²) in [6.07, 6.45) is 0.891. The molecule has 2 aromatic carbocycles. The van der Waals surface area contributed by atoms with Crippen LogP contribution in [-0.4, -0.2) is 18.2 Å². The molecule has 1 amide bonds. The first-order valence-corrected chi connectivity index (χ1v) is 7.60. The van der Waals surface area contributed by atoms with Crippen LogP contribution in [0.1, 0.15) is 5.56 Å². The van der Waals surface area contributed by atoms with Gasteiger partial charge in [0.15, 0.2) is 0 Å². The number of hydrogen-bond donors (Lipinski definition) is 1. The van der Waals surface area contributed by atoms with Crippen LogP contribution >= 0.6 is 11.8 Å². The van der Waals surface area contributed by atoms with Crippen LogP contribution in [0.15, 0.2) is 53.4 Å². The van der Waals surface area contributed by atoms with Gasteiger partial charge in [0.05, 0.1) is 17.1 Å². The molecular formula is C16H16N2OS. The minimum Gasteiger partial charge on any atom is -0.397 e. The summed E-state index contributed by atoms with van der Waals surface area (Å²) in [5, 5.41) is 0. The summed E-state index contributed by atoms with van der Waals surface area (Å²) in [4.78, 5) is 15.3. The first-order valence-electron chi connectivity index (χ1n) is 6.61. The van der Waals surface area contributed by atoms with Gasteiger partial charge in [-0.3, -0.25) is 4.79 Å². The number of nitrogen functional groups attached to an aromatic ring is 1. The van der Waals surface area contributed by atoms with E-state index in [1.807, 2.05) is 53.4 Å². The first kappa shape index (κ1) is 13.1. The Morgan fingerprint density at radius 2 is 1.95 bits per heavy atom. The summed E-state index contributed by atoms with van der Waals surface area (Å²) in [6, 6.07) is 15.8. The zero-order chi connectivity index (χ0) is 13.9. The van der Waals surface area contributed by atoms with Crippen molar-refractivity contribution in [2.24, 2.45) is 0 Å². The Labute approximate surface area is 122 Å². The predicted molar refractivity (Wildman–Crippen MR) is 84.1 cm³/mol. The van der Waals surface area contributed by atoms with Gasteiger partial charge >= 0.3 is 0 Å². The molecule has 0 unspecified atom stereocenters. The van der Waals surface area contributed by atoms with Crippen LogP contribution in [-0.2, 0) is 11.2 Å². The van der Waals surface area contributed by atoms with E-state index in [1.54, 1.807) is 11.8 Å². The van der Waals surface area contributed by atoms with Crippen molar-refractivity contribution in [1.29, 1.82) is 0 Å². The molecule has 0 spiro atoms. The largest absolute Gasteiger partial charge is 0.397 e. The van der Waals surface area contributed by atoms with E-state index >= 15 is 0 Å². The number of thioether (sulfide) groups is 1. The van der Waals surface area contributed by atoms with E-state index in [4.69, 9.17) is 5.73 Å². The smallest absolute Gasteiger partial charge is 0.237 e. The van der Waals surface area contributed by atoms with Gasteiger partial charge in [-0.15, -0.1) is 11.8 Å². The Morgan fingerprint density at radius 1 is 1.15 bits per heavy atom. The summed E-state index contributed by atoms with van der Waals surface area (Å²) in [5.74, 6) is 0.563. The summed E-state index contributed by atoms with van der Waals surface area (Å²) in [6.45, 7) is 0.734. The highest BCUT2D eigenvalue weighted by atomic mass is 32.2. The quantitative estimate of drug-likeness (QED) is 0.696. The molecule has 20 heavy (non-hydrogen) atoms. The molecule has 4 heteroatoms. The van der Waals surface area contributed by atoms with Crippen molar-refractivity contribution in [3.05, 3.63) is 54.1 Å². The van der Waals surface area contributed by atoms with Crippen molar-refractivity contribution in [3.63, 3.8) is 0 Å². The highest BCUT2D eigenvalue weighted by Crippen LogP contribution is 2.34. The van der Waals surface area contributed by atoms with Gasteiger partial charge < -0.3 is 10.6 Å². The molecule has 0 saturated heterocycles. The summed E-state index contributed by atoms with van der Waals surface area (Å²) < 4.78 is 0. The van der Waals surface area contributed by atoms with Crippen molar-refractivity contribution < 1.29 is 4.79 Å². The first-order chi connectivity index (χ1) is 9.75. The van der Waals surface area contributed by atoms with Crippen molar-refractivity contribution in [2.45, 2.75) is 11.3 Å². The molecule has 0 bridgehead atoms. The molecule has 0 saturated carbocycles. The maximum atomic E-state index is 12.4. The number of hydrogen-bond acceptors (Lipinski definition) is 3. The molecule has 2 N–H and O–H groups in total. The molecule has 1 aliphatic rings. The molecule has 3 nitrogen and oxygen atoms in total. The highest BCUT2D eigenvalue weighted by Gasteiger charge is 2.26. The number of carbonyl (C=O) groups excluding carboxylic acids is 1. The molecule has 0 radical (unpaired) electrons. The Balaban J connectivity index is 1.71. The van der Waals surface area contributed by atoms with Crippen LogP contribution in [0.5, 0.6) is 0 Å². The summed E-state index contributed by atoms with van der Waals surface area (Å²) in [7, 11) is 0. The molecule has 1 aliphatic heterocycles. The highest BCUT2D eigenvalue weighted by molar-refractivity contribution is 8.00. The standard InChI is InChI=1S/C16H16N2OS/c17-14-8-4-5-12-9-10-18(16(12)14)15(19)11-20-13-6-2-1-3-7-13/h1-8H,9-11,17H2. The molecule has 0 atom stereocenters. The number of nitrogens with two attached hydrogens (primary N) is 1. The van der Waals surface area contributed by atoms with Gasteiger partial charge in [-0.25, -0.2) is 0 Å². The monoisotopic (exact) mass is 284 g/mol. The van der Waals surface area contributed by atoms with E-state index in [0.717, 1.165) is 23.5 Å². The Kier molecular flexibility index (Phi) is 3.65. The van der Waals surface area contributed by atoms with Crippen molar-refractivity contribution in [1.82, 2.24) is 0 Å². The van der Waals surface area contributed by atoms with E-state index < -0.39 is 0 Å². The number of rotatable bonds is 3. The molecule has 1 heterocycles. The van der Waals surface area contributed by atoms with Crippen molar-refractivity contribution in [2.75, 3.05) is 22.9 Å². The topological polar surface area (TPSA) is 46.3 Å². The maximum absolute atomic E-state index is 12.4. The van der Waals surface area contributed by atoms with Crippen molar-refractivity contribution >= 4 is 29.0 Å². The number of para-hydroxylation sites is 1. The minimum absolute atomic E-state index is 0.121. The van der Waals surface area contributed by atoms with Crippen LogP contribution in [0.25, 0.3) is 0 Å². The zero-order valence-electron chi connectivity index (χ0n) is 11.1. The van der Waals surface area contributed by atoms with Crippen LogP contribution in [0.3, 0.4) is 0 Å². The fourth-order valence-electron chi connectivity index (χ4n) is 2.48. The summed E-state index contributed by atoms with van der Waals surface area (Å²) in [5.41, 5.74) is 8.78. The second kappa shape index (κ2) is 5.59. The lowest BCUT2D eigenvalue weighted by atomic mass is 10.1. The van der Waals surface area contributed by atoms with E-state index in [0.29, 0.717) is 11.4 Å². The second-order valence-electron chi connectivity index (χ2n) is 4.75. The predicted octanol–water partition coefficient (Wildman–Crippen LogP) is 2.95. The number of fused-ring (bicyclic) bond motifs is 1. The normalized spacial score (nSPS) is 13.3. The molecule has 3 rings (SSSR count). The Bertz CT molecular complexity index is 628. The Morgan fingerprint density at radius 3 is 2.75 bits per heavy atom. The second-order valence-corrected chi connectivity index (χ2v) is 5.80. The third kappa shape index (κ3) is 2.51. The number of nitrogens with zero attached hydrogens (tertiary/aromatic N) is 1. The molecule has 102 valence electrons. The Hall–Kier alpha value is -1.94. The van der Waals surface area contributed by atoms with E-state index in [-0.39, 0.29) is 5.91 Å². The summed E-state index contributed by atoms with van der Waals surface area (Å²) >= 11 is 1.56. The average molecular weight is 284 g/mol.